The van der Waals surface area contributed by atoms with Crippen molar-refractivity contribution in [2.75, 3.05) is 0 Å². The highest BCUT2D eigenvalue weighted by Gasteiger charge is 2.11. The first kappa shape index (κ1) is 20.8. The third-order valence-electron chi connectivity index (χ3n) is 3.47. The molecule has 0 aliphatic carbocycles. The molecule has 26 heavy (non-hydrogen) atoms. The molecule has 0 saturated carbocycles. The van der Waals surface area contributed by atoms with Gasteiger partial charge >= 0.3 is 11.9 Å². The van der Waals surface area contributed by atoms with Crippen molar-refractivity contribution < 1.29 is 30.0 Å². The first-order valence-corrected chi connectivity index (χ1v) is 8.08. The van der Waals surface area contributed by atoms with Gasteiger partial charge in [-0.15, -0.1) is 0 Å². The van der Waals surface area contributed by atoms with E-state index in [4.69, 9.17) is 15.3 Å². The maximum Gasteiger partial charge on any atom is 0.339 e. The van der Waals surface area contributed by atoms with E-state index in [9.17, 15) is 14.7 Å². The van der Waals surface area contributed by atoms with E-state index in [-0.39, 0.29) is 22.6 Å². The second kappa shape index (κ2) is 10.6. The summed E-state index contributed by atoms with van der Waals surface area (Å²) in [6.45, 7) is 2.05. The normalized spacial score (nSPS) is 10.2. The van der Waals surface area contributed by atoms with E-state index < -0.39 is 11.9 Å². The summed E-state index contributed by atoms with van der Waals surface area (Å²) in [5.41, 5.74) is 0.583. The SMILES string of the molecule is CC/C=C\CCc1cccc(C(=O)O)c1O.O=C(O)c1ccccc1O. The van der Waals surface area contributed by atoms with Crippen LogP contribution in [0, 0.1) is 0 Å². The predicted molar refractivity (Wildman–Crippen MR) is 97.9 cm³/mol. The largest absolute Gasteiger partial charge is 0.507 e. The highest BCUT2D eigenvalue weighted by Crippen LogP contribution is 2.23. The van der Waals surface area contributed by atoms with Crippen molar-refractivity contribution in [2.45, 2.75) is 26.2 Å². The molecule has 0 unspecified atom stereocenters. The maximum absolute atomic E-state index is 10.8. The first-order chi connectivity index (χ1) is 12.4. The molecule has 0 heterocycles. The zero-order valence-corrected chi connectivity index (χ0v) is 14.4. The molecule has 0 aliphatic rings. The summed E-state index contributed by atoms with van der Waals surface area (Å²) >= 11 is 0. The Morgan fingerprint density at radius 3 is 2.04 bits per heavy atom. The van der Waals surface area contributed by atoms with Crippen molar-refractivity contribution in [1.82, 2.24) is 0 Å². The van der Waals surface area contributed by atoms with Crippen LogP contribution in [0.2, 0.25) is 0 Å². The van der Waals surface area contributed by atoms with Crippen LogP contribution in [0.4, 0.5) is 0 Å². The van der Waals surface area contributed by atoms with Crippen molar-refractivity contribution in [3.05, 3.63) is 71.3 Å². The molecule has 0 aromatic heterocycles. The minimum Gasteiger partial charge on any atom is -0.507 e. The monoisotopic (exact) mass is 358 g/mol. The average molecular weight is 358 g/mol. The van der Waals surface area contributed by atoms with Crippen LogP contribution < -0.4 is 0 Å². The summed E-state index contributed by atoms with van der Waals surface area (Å²) in [6, 6.07) is 10.6. The molecule has 0 spiro atoms. The predicted octanol–water partition coefficient (Wildman–Crippen LogP) is 4.08. The summed E-state index contributed by atoms with van der Waals surface area (Å²) in [4.78, 5) is 21.0. The highest BCUT2D eigenvalue weighted by atomic mass is 16.4. The summed E-state index contributed by atoms with van der Waals surface area (Å²) < 4.78 is 0. The number of allylic oxidation sites excluding steroid dienone is 2. The maximum atomic E-state index is 10.8. The van der Waals surface area contributed by atoms with Crippen LogP contribution in [0.5, 0.6) is 11.5 Å². The lowest BCUT2D eigenvalue weighted by Gasteiger charge is -2.05. The third kappa shape index (κ3) is 6.32. The van der Waals surface area contributed by atoms with Gasteiger partial charge in [0.05, 0.1) is 0 Å². The fraction of sp³-hybridized carbons (Fsp3) is 0.200. The number of para-hydroxylation sites is 2. The van der Waals surface area contributed by atoms with Crippen LogP contribution in [-0.4, -0.2) is 32.4 Å². The van der Waals surface area contributed by atoms with Gasteiger partial charge in [0.25, 0.3) is 0 Å². The Balaban J connectivity index is 0.000000289. The van der Waals surface area contributed by atoms with Gasteiger partial charge in [0, 0.05) is 0 Å². The summed E-state index contributed by atoms with van der Waals surface area (Å²) in [6.07, 6.45) is 6.54. The molecule has 2 rings (SSSR count). The second-order valence-corrected chi connectivity index (χ2v) is 5.36. The molecular weight excluding hydrogens is 336 g/mol. The average Bonchev–Trinajstić information content (AvgIpc) is 2.60. The van der Waals surface area contributed by atoms with Crippen LogP contribution in [0.15, 0.2) is 54.6 Å². The third-order valence-corrected chi connectivity index (χ3v) is 3.47. The van der Waals surface area contributed by atoms with E-state index in [1.165, 1.54) is 18.2 Å². The van der Waals surface area contributed by atoms with E-state index in [1.807, 2.05) is 6.08 Å². The van der Waals surface area contributed by atoms with Crippen molar-refractivity contribution in [3.8, 4) is 11.5 Å². The number of carboxylic acid groups (broad SMARTS) is 2. The van der Waals surface area contributed by atoms with Crippen molar-refractivity contribution in [2.24, 2.45) is 0 Å². The quantitative estimate of drug-likeness (QED) is 0.578. The number of carboxylic acids is 2. The number of rotatable bonds is 6. The van der Waals surface area contributed by atoms with Gasteiger partial charge in [0.1, 0.15) is 22.6 Å². The standard InChI is InChI=1S/C13H16O3.C7H6O3/c1-2-3-4-5-7-10-8-6-9-11(12(10)14)13(15)16;8-6-4-2-1-3-5(6)7(9)10/h3-4,6,8-9,14H,2,5,7H2,1H3,(H,15,16);1-4,8H,(H,9,10)/b4-3-;. The fourth-order valence-corrected chi connectivity index (χ4v) is 2.14. The molecule has 6 heteroatoms. The van der Waals surface area contributed by atoms with E-state index in [0.717, 1.165) is 12.8 Å². The molecule has 0 fully saturated rings. The number of hydrogen-bond acceptors (Lipinski definition) is 4. The van der Waals surface area contributed by atoms with Crippen LogP contribution in [0.3, 0.4) is 0 Å². The van der Waals surface area contributed by atoms with E-state index in [0.29, 0.717) is 12.0 Å². The number of aryl methyl sites for hydroxylation is 1. The molecule has 2 aromatic carbocycles. The minimum atomic E-state index is -1.11. The van der Waals surface area contributed by atoms with Gasteiger partial charge in [0.2, 0.25) is 0 Å². The molecular formula is C20H22O6. The number of aromatic carboxylic acids is 2. The number of hydrogen-bond donors (Lipinski definition) is 4. The molecule has 0 atom stereocenters. The van der Waals surface area contributed by atoms with E-state index >= 15 is 0 Å². The molecule has 2 aromatic rings. The second-order valence-electron chi connectivity index (χ2n) is 5.36. The zero-order chi connectivity index (χ0) is 19.5. The Hall–Kier alpha value is -3.28. The van der Waals surface area contributed by atoms with Crippen molar-refractivity contribution >= 4 is 11.9 Å². The summed E-state index contributed by atoms with van der Waals surface area (Å²) in [7, 11) is 0. The van der Waals surface area contributed by atoms with Crippen molar-refractivity contribution in [1.29, 1.82) is 0 Å². The Labute approximate surface area is 151 Å². The Morgan fingerprint density at radius 1 is 0.885 bits per heavy atom. The molecule has 138 valence electrons. The smallest absolute Gasteiger partial charge is 0.339 e. The minimum absolute atomic E-state index is 0.0306. The first-order valence-electron chi connectivity index (χ1n) is 8.08. The van der Waals surface area contributed by atoms with E-state index in [1.54, 1.807) is 24.3 Å². The topological polar surface area (TPSA) is 115 Å². The van der Waals surface area contributed by atoms with Gasteiger partial charge in [-0.05, 0) is 43.0 Å². The Bertz CT molecular complexity index is 780. The molecule has 0 aliphatic heterocycles. The van der Waals surface area contributed by atoms with Gasteiger partial charge < -0.3 is 20.4 Å². The van der Waals surface area contributed by atoms with Gasteiger partial charge in [-0.1, -0.05) is 43.3 Å². The van der Waals surface area contributed by atoms with Gasteiger partial charge in [-0.25, -0.2) is 9.59 Å². The number of phenols is 2. The molecule has 0 amide bonds. The lowest BCUT2D eigenvalue weighted by atomic mass is 10.0. The molecule has 0 radical (unpaired) electrons. The summed E-state index contributed by atoms with van der Waals surface area (Å²) in [5, 5.41) is 35.8. The molecule has 4 N–H and O–H groups in total. The molecule has 6 nitrogen and oxygen atoms in total. The zero-order valence-electron chi connectivity index (χ0n) is 14.4. The fourth-order valence-electron chi connectivity index (χ4n) is 2.14. The summed E-state index contributed by atoms with van der Waals surface area (Å²) in [5.74, 6) is -2.52. The van der Waals surface area contributed by atoms with Gasteiger partial charge in [-0.3, -0.25) is 0 Å². The number of carbonyl (C=O) groups is 2. The lowest BCUT2D eigenvalue weighted by molar-refractivity contribution is 0.0682. The van der Waals surface area contributed by atoms with E-state index in [2.05, 4.69) is 13.0 Å². The molecule has 0 saturated heterocycles. The van der Waals surface area contributed by atoms with Crippen LogP contribution >= 0.6 is 0 Å². The Morgan fingerprint density at radius 2 is 1.50 bits per heavy atom. The number of benzene rings is 2. The van der Waals surface area contributed by atoms with Crippen LogP contribution in [-0.2, 0) is 6.42 Å². The van der Waals surface area contributed by atoms with Crippen molar-refractivity contribution in [3.63, 3.8) is 0 Å². The Kier molecular flexibility index (Phi) is 8.43. The van der Waals surface area contributed by atoms with Gasteiger partial charge in [0.15, 0.2) is 0 Å². The van der Waals surface area contributed by atoms with Crippen LogP contribution in [0.1, 0.15) is 46.0 Å². The number of aromatic hydroxyl groups is 2. The van der Waals surface area contributed by atoms with Crippen LogP contribution in [0.25, 0.3) is 0 Å². The highest BCUT2D eigenvalue weighted by molar-refractivity contribution is 5.91. The van der Waals surface area contributed by atoms with Gasteiger partial charge in [-0.2, -0.15) is 0 Å². The lowest BCUT2D eigenvalue weighted by Crippen LogP contribution is -1.98. The molecule has 0 bridgehead atoms.